The van der Waals surface area contributed by atoms with E-state index in [4.69, 9.17) is 22.1 Å². The van der Waals surface area contributed by atoms with Gasteiger partial charge in [-0.1, -0.05) is 59.9 Å². The fraction of sp³-hybridized carbons (Fsp3) is 0.280. The molecule has 1 saturated heterocycles. The normalized spacial score (nSPS) is 14.9. The summed E-state index contributed by atoms with van der Waals surface area (Å²) in [6.07, 6.45) is 3.22. The molecular formula is C25H26N4O4S2. The third kappa shape index (κ3) is 5.62. The quantitative estimate of drug-likeness (QED) is 0.258. The first-order chi connectivity index (χ1) is 16.9. The standard InChI is InChI=1S/C25H26N4O4S2/c1-16-5-7-18(8-6-16)15-29-24(32)20(35-25(29)34)14-19-21(26-9-12-33-13-11-30)27-22-17(2)4-3-10-28(22)23(19)31/h3-8,10,14,26,30H,9,11-13,15H2,1-2H3/b20-14-. The third-order valence-electron chi connectivity index (χ3n) is 5.47. The van der Waals surface area contributed by atoms with Crippen molar-refractivity contribution in [2.45, 2.75) is 20.4 Å². The number of aromatic nitrogens is 2. The van der Waals surface area contributed by atoms with E-state index in [1.54, 1.807) is 23.2 Å². The first-order valence-electron chi connectivity index (χ1n) is 11.1. The molecular weight excluding hydrogens is 484 g/mol. The fourth-order valence-electron chi connectivity index (χ4n) is 3.63. The van der Waals surface area contributed by atoms with Gasteiger partial charge >= 0.3 is 0 Å². The van der Waals surface area contributed by atoms with Crippen molar-refractivity contribution in [3.8, 4) is 0 Å². The molecule has 35 heavy (non-hydrogen) atoms. The molecule has 182 valence electrons. The summed E-state index contributed by atoms with van der Waals surface area (Å²) in [5.41, 5.74) is 3.47. The highest BCUT2D eigenvalue weighted by Gasteiger charge is 2.32. The molecule has 1 amide bonds. The molecule has 3 heterocycles. The Labute approximate surface area is 212 Å². The Kier molecular flexibility index (Phi) is 7.97. The summed E-state index contributed by atoms with van der Waals surface area (Å²) in [5.74, 6) is 0.118. The summed E-state index contributed by atoms with van der Waals surface area (Å²) in [4.78, 5) is 33.2. The number of thiocarbonyl (C=S) groups is 1. The zero-order chi connectivity index (χ0) is 24.9. The van der Waals surface area contributed by atoms with Crippen LogP contribution in [0.4, 0.5) is 5.82 Å². The van der Waals surface area contributed by atoms with E-state index in [0.29, 0.717) is 40.4 Å². The van der Waals surface area contributed by atoms with Crippen molar-refractivity contribution < 1.29 is 14.6 Å². The fourth-order valence-corrected chi connectivity index (χ4v) is 4.87. The Morgan fingerprint density at radius 2 is 1.94 bits per heavy atom. The number of nitrogens with zero attached hydrogens (tertiary/aromatic N) is 3. The largest absolute Gasteiger partial charge is 0.394 e. The smallest absolute Gasteiger partial charge is 0.267 e. The van der Waals surface area contributed by atoms with Crippen LogP contribution in [0.25, 0.3) is 11.7 Å². The zero-order valence-corrected chi connectivity index (χ0v) is 21.1. The van der Waals surface area contributed by atoms with Crippen molar-refractivity contribution >= 4 is 51.7 Å². The lowest BCUT2D eigenvalue weighted by Crippen LogP contribution is -2.27. The van der Waals surface area contributed by atoms with Gasteiger partial charge in [0.1, 0.15) is 15.8 Å². The van der Waals surface area contributed by atoms with Gasteiger partial charge in [0.05, 0.1) is 36.8 Å². The van der Waals surface area contributed by atoms with Crippen LogP contribution >= 0.6 is 24.0 Å². The number of carbonyl (C=O) groups is 1. The van der Waals surface area contributed by atoms with Crippen molar-refractivity contribution in [1.82, 2.24) is 14.3 Å². The number of aryl methyl sites for hydroxylation is 2. The van der Waals surface area contributed by atoms with E-state index >= 15 is 0 Å². The van der Waals surface area contributed by atoms with Gasteiger partial charge in [0.25, 0.3) is 11.5 Å². The predicted molar refractivity (Wildman–Crippen MR) is 142 cm³/mol. The molecule has 0 saturated carbocycles. The van der Waals surface area contributed by atoms with Crippen LogP contribution in [0.2, 0.25) is 0 Å². The topological polar surface area (TPSA) is 96.2 Å². The molecule has 2 aromatic heterocycles. The van der Waals surface area contributed by atoms with E-state index in [2.05, 4.69) is 10.3 Å². The number of aliphatic hydroxyl groups excluding tert-OH is 1. The zero-order valence-electron chi connectivity index (χ0n) is 19.5. The number of rotatable bonds is 9. The van der Waals surface area contributed by atoms with Crippen LogP contribution in [0.3, 0.4) is 0 Å². The molecule has 10 heteroatoms. The minimum Gasteiger partial charge on any atom is -0.394 e. The molecule has 0 atom stereocenters. The first-order valence-corrected chi connectivity index (χ1v) is 12.4. The van der Waals surface area contributed by atoms with Gasteiger partial charge in [-0.05, 0) is 37.1 Å². The predicted octanol–water partition coefficient (Wildman–Crippen LogP) is 3.13. The second kappa shape index (κ2) is 11.1. The van der Waals surface area contributed by atoms with Gasteiger partial charge < -0.3 is 15.2 Å². The molecule has 1 aliphatic rings. The summed E-state index contributed by atoms with van der Waals surface area (Å²) in [6, 6.07) is 11.6. The van der Waals surface area contributed by atoms with Crippen molar-refractivity contribution in [3.63, 3.8) is 0 Å². The number of carbonyl (C=O) groups excluding carboxylic acids is 1. The number of benzene rings is 1. The molecule has 8 nitrogen and oxygen atoms in total. The molecule has 1 aliphatic heterocycles. The summed E-state index contributed by atoms with van der Waals surface area (Å²) < 4.78 is 7.22. The van der Waals surface area contributed by atoms with Gasteiger partial charge in [-0.15, -0.1) is 0 Å². The second-order valence-electron chi connectivity index (χ2n) is 8.08. The lowest BCUT2D eigenvalue weighted by molar-refractivity contribution is -0.122. The average Bonchev–Trinajstić information content (AvgIpc) is 3.10. The van der Waals surface area contributed by atoms with Gasteiger partial charge in [-0.3, -0.25) is 18.9 Å². The van der Waals surface area contributed by atoms with Gasteiger partial charge in [0, 0.05) is 12.7 Å². The second-order valence-corrected chi connectivity index (χ2v) is 9.76. The molecule has 3 aromatic rings. The van der Waals surface area contributed by atoms with Crippen LogP contribution in [0.5, 0.6) is 0 Å². The summed E-state index contributed by atoms with van der Waals surface area (Å²) in [6.45, 7) is 5.12. The van der Waals surface area contributed by atoms with Crippen LogP contribution in [0.15, 0.2) is 52.3 Å². The van der Waals surface area contributed by atoms with E-state index < -0.39 is 0 Å². The molecule has 0 unspecified atom stereocenters. The lowest BCUT2D eigenvalue weighted by Gasteiger charge is -2.14. The summed E-state index contributed by atoms with van der Waals surface area (Å²) in [7, 11) is 0. The Morgan fingerprint density at radius 3 is 2.69 bits per heavy atom. The minimum absolute atomic E-state index is 0.0650. The Balaban J connectivity index is 1.67. The molecule has 1 fully saturated rings. The highest BCUT2D eigenvalue weighted by molar-refractivity contribution is 8.26. The number of nitrogens with one attached hydrogen (secondary N) is 1. The highest BCUT2D eigenvalue weighted by Crippen LogP contribution is 2.34. The number of hydrogen-bond acceptors (Lipinski definition) is 8. The number of anilines is 1. The lowest BCUT2D eigenvalue weighted by atomic mass is 10.1. The molecule has 2 N–H and O–H groups in total. The van der Waals surface area contributed by atoms with Gasteiger partial charge in [0.15, 0.2) is 0 Å². The number of amides is 1. The van der Waals surface area contributed by atoms with Crippen LogP contribution < -0.4 is 10.9 Å². The van der Waals surface area contributed by atoms with E-state index in [1.807, 2.05) is 44.2 Å². The minimum atomic E-state index is -0.290. The van der Waals surface area contributed by atoms with Crippen LogP contribution in [0, 0.1) is 13.8 Å². The van der Waals surface area contributed by atoms with Crippen molar-refractivity contribution in [1.29, 1.82) is 0 Å². The number of ether oxygens (including phenoxy) is 1. The van der Waals surface area contributed by atoms with Crippen molar-refractivity contribution in [2.24, 2.45) is 0 Å². The Hall–Kier alpha value is -3.05. The number of thioether (sulfide) groups is 1. The average molecular weight is 511 g/mol. The van der Waals surface area contributed by atoms with Crippen LogP contribution in [0.1, 0.15) is 22.3 Å². The maximum atomic E-state index is 13.4. The number of fused-ring (bicyclic) bond motifs is 1. The number of pyridine rings is 1. The molecule has 1 aromatic carbocycles. The maximum absolute atomic E-state index is 13.4. The highest BCUT2D eigenvalue weighted by atomic mass is 32.2. The van der Waals surface area contributed by atoms with E-state index in [-0.39, 0.29) is 30.2 Å². The molecule has 0 spiro atoms. The number of hydrogen-bond donors (Lipinski definition) is 2. The first kappa shape index (κ1) is 25.1. The van der Waals surface area contributed by atoms with Gasteiger partial charge in [-0.2, -0.15) is 0 Å². The third-order valence-corrected chi connectivity index (χ3v) is 6.85. The summed E-state index contributed by atoms with van der Waals surface area (Å²) >= 11 is 6.65. The Morgan fingerprint density at radius 1 is 1.17 bits per heavy atom. The van der Waals surface area contributed by atoms with E-state index in [1.165, 1.54) is 16.2 Å². The number of aliphatic hydroxyl groups is 1. The molecule has 0 bridgehead atoms. The van der Waals surface area contributed by atoms with Crippen molar-refractivity contribution in [3.05, 3.63) is 80.1 Å². The van der Waals surface area contributed by atoms with Gasteiger partial charge in [-0.25, -0.2) is 4.98 Å². The molecule has 4 rings (SSSR count). The maximum Gasteiger partial charge on any atom is 0.267 e. The van der Waals surface area contributed by atoms with Crippen molar-refractivity contribution in [2.75, 3.05) is 31.7 Å². The van der Waals surface area contributed by atoms with Crippen LogP contribution in [-0.2, 0) is 16.1 Å². The Bertz CT molecular complexity index is 1350. The molecule has 0 radical (unpaired) electrons. The SMILES string of the molecule is Cc1ccc(CN2C(=O)/C(=C/c3c(NCCOCCO)nc4c(C)cccn4c3=O)SC2=S)cc1. The van der Waals surface area contributed by atoms with Gasteiger partial charge in [0.2, 0.25) is 0 Å². The van der Waals surface area contributed by atoms with E-state index in [9.17, 15) is 9.59 Å². The summed E-state index contributed by atoms with van der Waals surface area (Å²) in [5, 5.41) is 12.0. The molecule has 0 aliphatic carbocycles. The van der Waals surface area contributed by atoms with Crippen LogP contribution in [-0.4, -0.2) is 56.0 Å². The monoisotopic (exact) mass is 510 g/mol. The van der Waals surface area contributed by atoms with E-state index in [0.717, 1.165) is 16.7 Å².